The van der Waals surface area contributed by atoms with Crippen LogP contribution in [0.3, 0.4) is 0 Å². The summed E-state index contributed by atoms with van der Waals surface area (Å²) in [6.07, 6.45) is 0.406. The molecule has 1 atom stereocenters. The third-order valence-electron chi connectivity index (χ3n) is 4.15. The van der Waals surface area contributed by atoms with Gasteiger partial charge in [0.25, 0.3) is 0 Å². The second kappa shape index (κ2) is 8.13. The number of hydrogen-bond donors (Lipinski definition) is 1. The van der Waals surface area contributed by atoms with Crippen LogP contribution < -0.4 is 5.32 Å². The van der Waals surface area contributed by atoms with E-state index in [4.69, 9.17) is 0 Å². The molecule has 0 aromatic heterocycles. The van der Waals surface area contributed by atoms with Crippen molar-refractivity contribution in [2.45, 2.75) is 19.4 Å². The molecule has 126 valence electrons. The quantitative estimate of drug-likeness (QED) is 0.506. The number of Topliss-reactive ketones (excluding diaryl/α,β-unsaturated/α-hetero) is 1. The molecule has 0 saturated heterocycles. The second-order valence-electron chi connectivity index (χ2n) is 6.11. The first-order valence-corrected chi connectivity index (χ1v) is 9.08. The highest BCUT2D eigenvalue weighted by molar-refractivity contribution is 9.10. The van der Waals surface area contributed by atoms with Crippen molar-refractivity contribution in [2.75, 3.05) is 5.32 Å². The zero-order chi connectivity index (χ0) is 17.6. The molecule has 3 heteroatoms. The van der Waals surface area contributed by atoms with Crippen molar-refractivity contribution < 1.29 is 4.79 Å². The van der Waals surface area contributed by atoms with E-state index in [1.807, 2.05) is 54.6 Å². The van der Waals surface area contributed by atoms with Crippen molar-refractivity contribution in [3.8, 4) is 0 Å². The fourth-order valence-corrected chi connectivity index (χ4v) is 2.99. The first-order valence-electron chi connectivity index (χ1n) is 8.29. The van der Waals surface area contributed by atoms with E-state index in [1.54, 1.807) is 0 Å². The third kappa shape index (κ3) is 4.80. The highest BCUT2D eigenvalue weighted by Crippen LogP contribution is 2.26. The number of nitrogens with one attached hydrogen (secondary N) is 1. The average Bonchev–Trinajstić information content (AvgIpc) is 2.64. The summed E-state index contributed by atoms with van der Waals surface area (Å²) < 4.78 is 1.03. The van der Waals surface area contributed by atoms with Gasteiger partial charge in [-0.05, 0) is 36.8 Å². The van der Waals surface area contributed by atoms with E-state index in [9.17, 15) is 4.79 Å². The van der Waals surface area contributed by atoms with Gasteiger partial charge in [-0.3, -0.25) is 4.79 Å². The van der Waals surface area contributed by atoms with Crippen LogP contribution in [0.25, 0.3) is 0 Å². The molecule has 0 spiro atoms. The Morgan fingerprint density at radius 2 is 1.56 bits per heavy atom. The van der Waals surface area contributed by atoms with E-state index in [-0.39, 0.29) is 11.8 Å². The van der Waals surface area contributed by atoms with E-state index in [0.717, 1.165) is 21.3 Å². The maximum atomic E-state index is 12.7. The SMILES string of the molecule is Cc1ccc(C(CC(=O)c2ccccc2)Nc2ccc(Br)cc2)cc1. The van der Waals surface area contributed by atoms with Crippen LogP contribution in [-0.2, 0) is 0 Å². The Kier molecular flexibility index (Phi) is 5.67. The van der Waals surface area contributed by atoms with Crippen LogP contribution in [0.4, 0.5) is 5.69 Å². The molecule has 3 aromatic rings. The minimum atomic E-state index is -0.0746. The maximum Gasteiger partial charge on any atom is 0.165 e. The lowest BCUT2D eigenvalue weighted by atomic mass is 9.97. The molecule has 0 aliphatic heterocycles. The fourth-order valence-electron chi connectivity index (χ4n) is 2.73. The van der Waals surface area contributed by atoms with Crippen LogP contribution >= 0.6 is 15.9 Å². The van der Waals surface area contributed by atoms with Gasteiger partial charge in [-0.15, -0.1) is 0 Å². The molecule has 0 heterocycles. The van der Waals surface area contributed by atoms with Gasteiger partial charge in [0.2, 0.25) is 0 Å². The number of carbonyl (C=O) groups excluding carboxylic acids is 1. The number of ketones is 1. The van der Waals surface area contributed by atoms with Crippen molar-refractivity contribution in [3.63, 3.8) is 0 Å². The summed E-state index contributed by atoms with van der Waals surface area (Å²) in [5.41, 5.74) is 4.06. The number of rotatable bonds is 6. The summed E-state index contributed by atoms with van der Waals surface area (Å²) in [5.74, 6) is 0.135. The fraction of sp³-hybridized carbons (Fsp3) is 0.136. The molecule has 0 amide bonds. The molecule has 3 aromatic carbocycles. The Balaban J connectivity index is 1.84. The van der Waals surface area contributed by atoms with Crippen LogP contribution in [0, 0.1) is 6.92 Å². The number of halogens is 1. The molecular formula is C22H20BrNO. The minimum Gasteiger partial charge on any atom is -0.378 e. The molecule has 1 unspecified atom stereocenters. The number of benzene rings is 3. The molecule has 0 aliphatic rings. The summed E-state index contributed by atoms with van der Waals surface area (Å²) in [7, 11) is 0. The van der Waals surface area contributed by atoms with Crippen LogP contribution in [0.5, 0.6) is 0 Å². The van der Waals surface area contributed by atoms with Crippen LogP contribution in [-0.4, -0.2) is 5.78 Å². The molecule has 3 rings (SSSR count). The van der Waals surface area contributed by atoms with E-state index < -0.39 is 0 Å². The van der Waals surface area contributed by atoms with E-state index in [2.05, 4.69) is 52.4 Å². The molecular weight excluding hydrogens is 374 g/mol. The summed E-state index contributed by atoms with van der Waals surface area (Å²) in [6, 6.07) is 25.7. The van der Waals surface area contributed by atoms with Crippen molar-refractivity contribution in [1.29, 1.82) is 0 Å². The molecule has 0 saturated carbocycles. The van der Waals surface area contributed by atoms with E-state index >= 15 is 0 Å². The molecule has 25 heavy (non-hydrogen) atoms. The summed E-state index contributed by atoms with van der Waals surface area (Å²) in [6.45, 7) is 2.07. The van der Waals surface area contributed by atoms with Gasteiger partial charge in [-0.1, -0.05) is 76.1 Å². The second-order valence-corrected chi connectivity index (χ2v) is 7.02. The Morgan fingerprint density at radius 3 is 2.20 bits per heavy atom. The van der Waals surface area contributed by atoms with Crippen LogP contribution in [0.15, 0.2) is 83.3 Å². The number of anilines is 1. The number of hydrogen-bond acceptors (Lipinski definition) is 2. The van der Waals surface area contributed by atoms with Gasteiger partial charge in [0.05, 0.1) is 6.04 Å². The third-order valence-corrected chi connectivity index (χ3v) is 4.68. The van der Waals surface area contributed by atoms with Crippen molar-refractivity contribution >= 4 is 27.4 Å². The minimum absolute atomic E-state index is 0.0746. The first-order chi connectivity index (χ1) is 12.1. The molecule has 0 radical (unpaired) electrons. The van der Waals surface area contributed by atoms with Gasteiger partial charge in [0.15, 0.2) is 5.78 Å². The Hall–Kier alpha value is -2.39. The van der Waals surface area contributed by atoms with E-state index in [1.165, 1.54) is 5.56 Å². The van der Waals surface area contributed by atoms with Gasteiger partial charge in [0.1, 0.15) is 0 Å². The topological polar surface area (TPSA) is 29.1 Å². The Morgan fingerprint density at radius 1 is 0.920 bits per heavy atom. The van der Waals surface area contributed by atoms with Gasteiger partial charge < -0.3 is 5.32 Å². The zero-order valence-electron chi connectivity index (χ0n) is 14.1. The van der Waals surface area contributed by atoms with Gasteiger partial charge in [0, 0.05) is 22.1 Å². The smallest absolute Gasteiger partial charge is 0.165 e. The summed E-state index contributed by atoms with van der Waals surface area (Å²) >= 11 is 3.45. The molecule has 1 N–H and O–H groups in total. The normalized spacial score (nSPS) is 11.8. The molecule has 2 nitrogen and oxygen atoms in total. The maximum absolute atomic E-state index is 12.7. The van der Waals surface area contributed by atoms with Gasteiger partial charge in [-0.25, -0.2) is 0 Å². The van der Waals surface area contributed by atoms with Crippen LogP contribution in [0.2, 0.25) is 0 Å². The lowest BCUT2D eigenvalue weighted by molar-refractivity contribution is 0.0976. The average molecular weight is 394 g/mol. The van der Waals surface area contributed by atoms with Gasteiger partial charge in [-0.2, -0.15) is 0 Å². The zero-order valence-corrected chi connectivity index (χ0v) is 15.7. The first kappa shape index (κ1) is 17.4. The highest BCUT2D eigenvalue weighted by atomic mass is 79.9. The van der Waals surface area contributed by atoms with Crippen molar-refractivity contribution in [2.24, 2.45) is 0 Å². The lowest BCUT2D eigenvalue weighted by Crippen LogP contribution is -2.15. The molecule has 0 fully saturated rings. The van der Waals surface area contributed by atoms with E-state index in [0.29, 0.717) is 6.42 Å². The number of aryl methyl sites for hydroxylation is 1. The predicted molar refractivity (Wildman–Crippen MR) is 107 cm³/mol. The Bertz CT molecular complexity index is 826. The number of carbonyl (C=O) groups is 1. The monoisotopic (exact) mass is 393 g/mol. The highest BCUT2D eigenvalue weighted by Gasteiger charge is 2.17. The Labute approximate surface area is 157 Å². The largest absolute Gasteiger partial charge is 0.378 e. The lowest BCUT2D eigenvalue weighted by Gasteiger charge is -2.20. The molecule has 0 bridgehead atoms. The van der Waals surface area contributed by atoms with Crippen molar-refractivity contribution in [1.82, 2.24) is 0 Å². The predicted octanol–water partition coefficient (Wildman–Crippen LogP) is 6.18. The van der Waals surface area contributed by atoms with Gasteiger partial charge >= 0.3 is 0 Å². The summed E-state index contributed by atoms with van der Waals surface area (Å²) in [5, 5.41) is 3.50. The molecule has 0 aliphatic carbocycles. The van der Waals surface area contributed by atoms with Crippen molar-refractivity contribution in [3.05, 3.63) is 100 Å². The summed E-state index contributed by atoms with van der Waals surface area (Å²) in [4.78, 5) is 12.7. The van der Waals surface area contributed by atoms with Crippen LogP contribution in [0.1, 0.15) is 33.9 Å². The standard InChI is InChI=1S/C22H20BrNO/c1-16-7-9-17(10-8-16)21(24-20-13-11-19(23)12-14-20)15-22(25)18-5-3-2-4-6-18/h2-14,21,24H,15H2,1H3.